The third kappa shape index (κ3) is 1.86. The van der Waals surface area contributed by atoms with Gasteiger partial charge in [-0.2, -0.15) is 0 Å². The van der Waals surface area contributed by atoms with Gasteiger partial charge in [0, 0.05) is 24.4 Å². The lowest BCUT2D eigenvalue weighted by molar-refractivity contribution is -0.669. The molecule has 22 heavy (non-hydrogen) atoms. The number of pyridine rings is 1. The summed E-state index contributed by atoms with van der Waals surface area (Å²) in [6.07, 6.45) is 6.76. The van der Waals surface area contributed by atoms with Gasteiger partial charge >= 0.3 is 5.82 Å². The molecule has 3 nitrogen and oxygen atoms in total. The van der Waals surface area contributed by atoms with E-state index < -0.39 is 0 Å². The second kappa shape index (κ2) is 4.73. The van der Waals surface area contributed by atoms with Gasteiger partial charge in [-0.25, -0.2) is 4.57 Å². The van der Waals surface area contributed by atoms with E-state index in [0.29, 0.717) is 0 Å². The maximum atomic E-state index is 4.76. The zero-order chi connectivity index (χ0) is 15.3. The Morgan fingerprint density at radius 1 is 1.00 bits per heavy atom. The van der Waals surface area contributed by atoms with Gasteiger partial charge in [-0.15, -0.1) is 0 Å². The van der Waals surface area contributed by atoms with Crippen LogP contribution < -0.4 is 4.57 Å². The Balaban J connectivity index is 1.92. The van der Waals surface area contributed by atoms with Crippen molar-refractivity contribution in [2.24, 2.45) is 7.05 Å². The normalized spacial score (nSPS) is 12.1. The average Bonchev–Trinajstić information content (AvgIpc) is 2.90. The van der Waals surface area contributed by atoms with Gasteiger partial charge in [-0.3, -0.25) is 4.98 Å². The monoisotopic (exact) mass is 288 g/mol. The second-order valence-corrected chi connectivity index (χ2v) is 6.03. The van der Waals surface area contributed by atoms with E-state index in [1.54, 1.807) is 0 Å². The van der Waals surface area contributed by atoms with Crippen molar-refractivity contribution in [3.8, 4) is 22.5 Å². The van der Waals surface area contributed by atoms with Crippen LogP contribution in [-0.4, -0.2) is 9.97 Å². The van der Waals surface area contributed by atoms with Crippen LogP contribution in [0.1, 0.15) is 22.4 Å². The molecule has 3 aromatic rings. The third-order valence-electron chi connectivity index (χ3n) is 4.54. The fourth-order valence-electron chi connectivity index (χ4n) is 3.26. The average molecular weight is 288 g/mol. The van der Waals surface area contributed by atoms with E-state index in [2.05, 4.69) is 54.7 Å². The van der Waals surface area contributed by atoms with Crippen LogP contribution in [0, 0.1) is 13.8 Å². The van der Waals surface area contributed by atoms with E-state index in [0.717, 1.165) is 12.2 Å². The number of fused-ring (bicyclic) bond motifs is 3. The van der Waals surface area contributed by atoms with Crippen molar-refractivity contribution in [1.82, 2.24) is 9.97 Å². The Kier molecular flexibility index (Phi) is 2.83. The maximum absolute atomic E-state index is 4.76. The van der Waals surface area contributed by atoms with Crippen molar-refractivity contribution >= 4 is 0 Å². The van der Waals surface area contributed by atoms with Crippen molar-refractivity contribution in [2.75, 3.05) is 0 Å². The van der Waals surface area contributed by atoms with E-state index in [4.69, 9.17) is 4.98 Å². The number of rotatable bonds is 1. The van der Waals surface area contributed by atoms with Gasteiger partial charge in [-0.1, -0.05) is 17.7 Å². The largest absolute Gasteiger partial charge is 0.330 e. The number of hydrogen-bond donors (Lipinski definition) is 0. The van der Waals surface area contributed by atoms with E-state index in [1.165, 1.54) is 39.1 Å². The summed E-state index contributed by atoms with van der Waals surface area (Å²) in [4.78, 5) is 9.01. The number of aromatic nitrogens is 3. The Labute approximate surface area is 130 Å². The van der Waals surface area contributed by atoms with Crippen LogP contribution in [0.3, 0.4) is 0 Å². The molecule has 108 valence electrons. The van der Waals surface area contributed by atoms with Crippen LogP contribution in [-0.2, 0) is 13.5 Å². The predicted molar refractivity (Wildman–Crippen MR) is 86.4 cm³/mol. The minimum absolute atomic E-state index is 0.948. The van der Waals surface area contributed by atoms with Gasteiger partial charge in [-0.05, 0) is 42.1 Å². The van der Waals surface area contributed by atoms with Crippen molar-refractivity contribution in [2.45, 2.75) is 20.3 Å². The van der Waals surface area contributed by atoms with Crippen molar-refractivity contribution in [3.05, 3.63) is 65.2 Å². The summed E-state index contributed by atoms with van der Waals surface area (Å²) in [5.74, 6) is 1.03. The van der Waals surface area contributed by atoms with E-state index in [-0.39, 0.29) is 0 Å². The molecule has 0 saturated heterocycles. The lowest BCUT2D eigenvalue weighted by atomic mass is 10.0. The second-order valence-electron chi connectivity index (χ2n) is 6.03. The summed E-state index contributed by atoms with van der Waals surface area (Å²) in [6.45, 7) is 4.26. The topological polar surface area (TPSA) is 29.7 Å². The molecule has 3 heteroatoms. The van der Waals surface area contributed by atoms with Crippen molar-refractivity contribution < 1.29 is 4.57 Å². The SMILES string of the molecule is Cc1ccc(C)c(-c2ncc3c([n+]2C)Cc2ccncc2-3)c1. The quantitative estimate of drug-likeness (QED) is 0.504. The molecule has 0 fully saturated rings. The first-order valence-electron chi connectivity index (χ1n) is 7.54. The van der Waals surface area contributed by atoms with E-state index in [1.807, 2.05) is 18.6 Å². The molecule has 0 unspecified atom stereocenters. The summed E-state index contributed by atoms with van der Waals surface area (Å²) >= 11 is 0. The highest BCUT2D eigenvalue weighted by molar-refractivity contribution is 5.73. The highest BCUT2D eigenvalue weighted by Crippen LogP contribution is 2.34. The Hall–Kier alpha value is -2.55. The highest BCUT2D eigenvalue weighted by Gasteiger charge is 2.28. The molecule has 1 aromatic carbocycles. The molecule has 0 amide bonds. The van der Waals surface area contributed by atoms with Gasteiger partial charge < -0.3 is 0 Å². The smallest absolute Gasteiger partial charge is 0.264 e. The molecule has 1 aliphatic carbocycles. The Morgan fingerprint density at radius 3 is 2.73 bits per heavy atom. The highest BCUT2D eigenvalue weighted by atomic mass is 15.0. The summed E-state index contributed by atoms with van der Waals surface area (Å²) in [6, 6.07) is 8.63. The standard InChI is InChI=1S/C19H18N3/c1-12-4-5-13(2)15(8-12)19-21-11-17-16-10-20-7-6-14(16)9-18(17)22(19)3/h4-8,10-11H,9H2,1-3H3/q+1. The predicted octanol–water partition coefficient (Wildman–Crippen LogP) is 3.16. The van der Waals surface area contributed by atoms with Crippen LogP contribution in [0.4, 0.5) is 0 Å². The summed E-state index contributed by atoms with van der Waals surface area (Å²) < 4.78 is 2.23. The van der Waals surface area contributed by atoms with Crippen LogP contribution in [0.2, 0.25) is 0 Å². The number of nitrogens with zero attached hydrogens (tertiary/aromatic N) is 3. The van der Waals surface area contributed by atoms with Crippen LogP contribution in [0.25, 0.3) is 22.5 Å². The maximum Gasteiger partial charge on any atom is 0.330 e. The van der Waals surface area contributed by atoms with Crippen LogP contribution >= 0.6 is 0 Å². The molecule has 0 radical (unpaired) electrons. The van der Waals surface area contributed by atoms with Crippen molar-refractivity contribution in [3.63, 3.8) is 0 Å². The summed E-state index contributed by atoms with van der Waals surface area (Å²) in [7, 11) is 2.11. The Bertz CT molecular complexity index is 897. The fourth-order valence-corrected chi connectivity index (χ4v) is 3.26. The van der Waals surface area contributed by atoms with E-state index in [9.17, 15) is 0 Å². The molecular formula is C19H18N3+. The molecule has 0 bridgehead atoms. The first-order chi connectivity index (χ1) is 10.6. The summed E-state index contributed by atoms with van der Waals surface area (Å²) in [5.41, 5.74) is 8.79. The number of benzene rings is 1. The van der Waals surface area contributed by atoms with Crippen molar-refractivity contribution in [1.29, 1.82) is 0 Å². The van der Waals surface area contributed by atoms with Crippen LogP contribution in [0.15, 0.2) is 42.9 Å². The minimum Gasteiger partial charge on any atom is -0.264 e. The molecule has 0 atom stereocenters. The molecular weight excluding hydrogens is 270 g/mol. The first kappa shape index (κ1) is 13.1. The zero-order valence-electron chi connectivity index (χ0n) is 13.1. The molecule has 4 rings (SSSR count). The lowest BCUT2D eigenvalue weighted by Gasteiger charge is -2.07. The van der Waals surface area contributed by atoms with Gasteiger partial charge in [0.15, 0.2) is 6.20 Å². The van der Waals surface area contributed by atoms with Gasteiger partial charge in [0.25, 0.3) is 0 Å². The molecule has 0 aliphatic heterocycles. The number of aryl methyl sites for hydroxylation is 2. The molecule has 0 saturated carbocycles. The van der Waals surface area contributed by atoms with Gasteiger partial charge in [0.2, 0.25) is 0 Å². The Morgan fingerprint density at radius 2 is 1.86 bits per heavy atom. The number of hydrogen-bond acceptors (Lipinski definition) is 2. The third-order valence-corrected chi connectivity index (χ3v) is 4.54. The summed E-state index contributed by atoms with van der Waals surface area (Å²) in [5, 5.41) is 0. The molecule has 2 aromatic heterocycles. The van der Waals surface area contributed by atoms with Gasteiger partial charge in [0.1, 0.15) is 5.69 Å². The molecule has 2 heterocycles. The van der Waals surface area contributed by atoms with E-state index >= 15 is 0 Å². The molecule has 1 aliphatic rings. The van der Waals surface area contributed by atoms with Gasteiger partial charge in [0.05, 0.1) is 18.2 Å². The minimum atomic E-state index is 0.948. The van der Waals surface area contributed by atoms with Crippen LogP contribution in [0.5, 0.6) is 0 Å². The fraction of sp³-hybridized carbons (Fsp3) is 0.211. The molecule has 0 spiro atoms. The zero-order valence-corrected chi connectivity index (χ0v) is 13.1. The lowest BCUT2D eigenvalue weighted by Crippen LogP contribution is -2.37. The molecule has 0 N–H and O–H groups in total. The first-order valence-corrected chi connectivity index (χ1v) is 7.54.